The lowest BCUT2D eigenvalue weighted by molar-refractivity contribution is -0.134. The molecule has 0 saturated carbocycles. The van der Waals surface area contributed by atoms with Crippen molar-refractivity contribution in [3.05, 3.63) is 0 Å². The van der Waals surface area contributed by atoms with Gasteiger partial charge < -0.3 is 9.64 Å². The van der Waals surface area contributed by atoms with Gasteiger partial charge in [-0.25, -0.2) is 0 Å². The molecule has 0 aromatic rings. The van der Waals surface area contributed by atoms with Gasteiger partial charge in [-0.1, -0.05) is 20.3 Å². The summed E-state index contributed by atoms with van der Waals surface area (Å²) in [4.78, 5) is 16.5. The van der Waals surface area contributed by atoms with Gasteiger partial charge in [-0.05, 0) is 12.8 Å². The van der Waals surface area contributed by atoms with Gasteiger partial charge in [-0.15, -0.1) is 0 Å². The van der Waals surface area contributed by atoms with Crippen LogP contribution in [0, 0.1) is 5.92 Å². The Kier molecular flexibility index (Phi) is 6.65. The SMILES string of the molecule is CC[C@@H](C)CC(=O)N1CCN([C@@H](C)COC)CC1. The van der Waals surface area contributed by atoms with Crippen LogP contribution in [0.15, 0.2) is 0 Å². The molecule has 0 unspecified atom stereocenters. The Bertz CT molecular complexity index is 250. The molecule has 2 atom stereocenters. The van der Waals surface area contributed by atoms with Crippen molar-refractivity contribution in [3.63, 3.8) is 0 Å². The molecular weight excluding hydrogens is 228 g/mol. The molecule has 0 bridgehead atoms. The Balaban J connectivity index is 2.32. The summed E-state index contributed by atoms with van der Waals surface area (Å²) in [7, 11) is 1.74. The number of amides is 1. The standard InChI is InChI=1S/C14H28N2O2/c1-5-12(2)10-14(17)16-8-6-15(7-9-16)13(3)11-18-4/h12-13H,5-11H2,1-4H3/t12-,13+/m1/s1. The number of piperazine rings is 1. The van der Waals surface area contributed by atoms with E-state index in [0.717, 1.165) is 39.2 Å². The predicted octanol–water partition coefficient (Wildman–Crippen LogP) is 1.60. The summed E-state index contributed by atoms with van der Waals surface area (Å²) in [5.41, 5.74) is 0. The molecule has 0 N–H and O–H groups in total. The van der Waals surface area contributed by atoms with Crippen LogP contribution in [0.2, 0.25) is 0 Å². The summed E-state index contributed by atoms with van der Waals surface area (Å²) in [6.07, 6.45) is 1.78. The summed E-state index contributed by atoms with van der Waals surface area (Å²) in [5, 5.41) is 0. The van der Waals surface area contributed by atoms with Gasteiger partial charge in [0, 0.05) is 45.8 Å². The second-order valence-electron chi connectivity index (χ2n) is 5.44. The third kappa shape index (κ3) is 4.58. The van der Waals surface area contributed by atoms with Crippen molar-refractivity contribution in [1.82, 2.24) is 9.80 Å². The van der Waals surface area contributed by atoms with Crippen molar-refractivity contribution in [2.24, 2.45) is 5.92 Å². The lowest BCUT2D eigenvalue weighted by Crippen LogP contribution is -2.52. The van der Waals surface area contributed by atoms with E-state index in [0.29, 0.717) is 24.3 Å². The molecule has 0 spiro atoms. The van der Waals surface area contributed by atoms with E-state index in [4.69, 9.17) is 4.74 Å². The van der Waals surface area contributed by atoms with Crippen molar-refractivity contribution in [2.75, 3.05) is 39.9 Å². The highest BCUT2D eigenvalue weighted by Gasteiger charge is 2.24. The fourth-order valence-electron chi connectivity index (χ4n) is 2.33. The quantitative estimate of drug-likeness (QED) is 0.723. The van der Waals surface area contributed by atoms with Crippen LogP contribution in [0.1, 0.15) is 33.6 Å². The maximum Gasteiger partial charge on any atom is 0.222 e. The first-order valence-electron chi connectivity index (χ1n) is 7.09. The van der Waals surface area contributed by atoms with E-state index >= 15 is 0 Å². The van der Waals surface area contributed by atoms with Gasteiger partial charge >= 0.3 is 0 Å². The summed E-state index contributed by atoms with van der Waals surface area (Å²) in [6, 6.07) is 0.446. The second kappa shape index (κ2) is 7.74. The number of carbonyl (C=O) groups excluding carboxylic acids is 1. The van der Waals surface area contributed by atoms with E-state index in [1.54, 1.807) is 7.11 Å². The Labute approximate surface area is 111 Å². The zero-order valence-electron chi connectivity index (χ0n) is 12.3. The van der Waals surface area contributed by atoms with Crippen LogP contribution < -0.4 is 0 Å². The van der Waals surface area contributed by atoms with Crippen molar-refractivity contribution in [3.8, 4) is 0 Å². The maximum absolute atomic E-state index is 12.1. The molecular formula is C14H28N2O2. The first kappa shape index (κ1) is 15.4. The Morgan fingerprint density at radius 3 is 2.33 bits per heavy atom. The lowest BCUT2D eigenvalue weighted by Gasteiger charge is -2.38. The number of hydrogen-bond donors (Lipinski definition) is 0. The summed E-state index contributed by atoms with van der Waals surface area (Å²) in [6.45, 7) is 10.9. The van der Waals surface area contributed by atoms with Gasteiger partial charge in [0.25, 0.3) is 0 Å². The van der Waals surface area contributed by atoms with E-state index < -0.39 is 0 Å². The number of nitrogens with zero attached hydrogens (tertiary/aromatic N) is 2. The highest BCUT2D eigenvalue weighted by atomic mass is 16.5. The molecule has 0 aliphatic carbocycles. The molecule has 0 aromatic heterocycles. The van der Waals surface area contributed by atoms with Crippen molar-refractivity contribution in [2.45, 2.75) is 39.7 Å². The first-order valence-corrected chi connectivity index (χ1v) is 7.09. The van der Waals surface area contributed by atoms with Gasteiger partial charge in [0.1, 0.15) is 0 Å². The second-order valence-corrected chi connectivity index (χ2v) is 5.44. The number of rotatable bonds is 6. The molecule has 1 rings (SSSR count). The van der Waals surface area contributed by atoms with Gasteiger partial charge in [0.15, 0.2) is 0 Å². The molecule has 1 aliphatic rings. The van der Waals surface area contributed by atoms with Gasteiger partial charge in [-0.3, -0.25) is 9.69 Å². The lowest BCUT2D eigenvalue weighted by atomic mass is 10.0. The van der Waals surface area contributed by atoms with Crippen LogP contribution in [-0.4, -0.2) is 61.6 Å². The van der Waals surface area contributed by atoms with E-state index in [9.17, 15) is 4.79 Å². The normalized spacial score (nSPS) is 20.8. The molecule has 4 heteroatoms. The molecule has 0 radical (unpaired) electrons. The number of ether oxygens (including phenoxy) is 1. The third-order valence-electron chi connectivity index (χ3n) is 3.92. The fraction of sp³-hybridized carbons (Fsp3) is 0.929. The van der Waals surface area contributed by atoms with Crippen LogP contribution in [0.5, 0.6) is 0 Å². The fourth-order valence-corrected chi connectivity index (χ4v) is 2.33. The minimum atomic E-state index is 0.323. The molecule has 1 amide bonds. The Morgan fingerprint density at radius 2 is 1.83 bits per heavy atom. The van der Waals surface area contributed by atoms with E-state index in [1.807, 2.05) is 4.90 Å². The molecule has 1 heterocycles. The highest BCUT2D eigenvalue weighted by Crippen LogP contribution is 2.12. The number of methoxy groups -OCH3 is 1. The van der Waals surface area contributed by atoms with Crippen molar-refractivity contribution < 1.29 is 9.53 Å². The predicted molar refractivity (Wildman–Crippen MR) is 73.6 cm³/mol. The van der Waals surface area contributed by atoms with Crippen LogP contribution in [0.4, 0.5) is 0 Å². The molecule has 4 nitrogen and oxygen atoms in total. The summed E-state index contributed by atoms with van der Waals surface area (Å²) < 4.78 is 5.18. The van der Waals surface area contributed by atoms with E-state index in [1.165, 1.54) is 0 Å². The molecule has 106 valence electrons. The average molecular weight is 256 g/mol. The van der Waals surface area contributed by atoms with E-state index in [-0.39, 0.29) is 0 Å². The van der Waals surface area contributed by atoms with Crippen LogP contribution in [-0.2, 0) is 9.53 Å². The van der Waals surface area contributed by atoms with Gasteiger partial charge in [0.2, 0.25) is 5.91 Å². The molecule has 18 heavy (non-hydrogen) atoms. The number of hydrogen-bond acceptors (Lipinski definition) is 3. The number of carbonyl (C=O) groups is 1. The van der Waals surface area contributed by atoms with E-state index in [2.05, 4.69) is 25.7 Å². The molecule has 1 saturated heterocycles. The zero-order chi connectivity index (χ0) is 13.5. The maximum atomic E-state index is 12.1. The minimum Gasteiger partial charge on any atom is -0.383 e. The molecule has 1 aliphatic heterocycles. The highest BCUT2D eigenvalue weighted by molar-refractivity contribution is 5.76. The zero-order valence-corrected chi connectivity index (χ0v) is 12.3. The Morgan fingerprint density at radius 1 is 1.22 bits per heavy atom. The van der Waals surface area contributed by atoms with Crippen LogP contribution in [0.25, 0.3) is 0 Å². The van der Waals surface area contributed by atoms with Crippen molar-refractivity contribution in [1.29, 1.82) is 0 Å². The topological polar surface area (TPSA) is 32.8 Å². The smallest absolute Gasteiger partial charge is 0.222 e. The molecule has 1 fully saturated rings. The largest absolute Gasteiger partial charge is 0.383 e. The van der Waals surface area contributed by atoms with Gasteiger partial charge in [0.05, 0.1) is 6.61 Å². The summed E-state index contributed by atoms with van der Waals surface area (Å²) in [5.74, 6) is 0.825. The summed E-state index contributed by atoms with van der Waals surface area (Å²) >= 11 is 0. The molecule has 0 aromatic carbocycles. The minimum absolute atomic E-state index is 0.323. The van der Waals surface area contributed by atoms with Crippen LogP contribution >= 0.6 is 0 Å². The van der Waals surface area contributed by atoms with Crippen molar-refractivity contribution >= 4 is 5.91 Å². The first-order chi connectivity index (χ1) is 8.58. The van der Waals surface area contributed by atoms with Gasteiger partial charge in [-0.2, -0.15) is 0 Å². The van der Waals surface area contributed by atoms with Crippen LogP contribution in [0.3, 0.4) is 0 Å². The Hall–Kier alpha value is -0.610. The third-order valence-corrected chi connectivity index (χ3v) is 3.92. The monoisotopic (exact) mass is 256 g/mol. The average Bonchev–Trinajstić information content (AvgIpc) is 2.39.